The normalized spacial score (nSPS) is 10.7. The van der Waals surface area contributed by atoms with Crippen molar-refractivity contribution in [1.82, 2.24) is 9.78 Å². The number of carbonyl (C=O) groups excluding carboxylic acids is 1. The number of ether oxygens (including phenoxy) is 2. The second kappa shape index (κ2) is 6.30. The number of hydrogen-bond acceptors (Lipinski definition) is 4. The maximum atomic E-state index is 11.6. The Hall–Kier alpha value is -2.53. The van der Waals surface area contributed by atoms with E-state index in [4.69, 9.17) is 21.1 Å². The lowest BCUT2D eigenvalue weighted by molar-refractivity contribution is 0.0601. The summed E-state index contributed by atoms with van der Waals surface area (Å²) in [6.45, 7) is 0.520. The maximum Gasteiger partial charge on any atom is 0.337 e. The zero-order valence-electron chi connectivity index (χ0n) is 12.7. The van der Waals surface area contributed by atoms with Gasteiger partial charge in [0.25, 0.3) is 0 Å². The first kappa shape index (κ1) is 15.4. The topological polar surface area (TPSA) is 53.3 Å². The van der Waals surface area contributed by atoms with E-state index < -0.39 is 0 Å². The molecule has 118 valence electrons. The van der Waals surface area contributed by atoms with Crippen LogP contribution in [0.4, 0.5) is 0 Å². The number of halogens is 1. The third-order valence-corrected chi connectivity index (χ3v) is 3.78. The highest BCUT2D eigenvalue weighted by Crippen LogP contribution is 2.24. The summed E-state index contributed by atoms with van der Waals surface area (Å²) < 4.78 is 11.9. The van der Waals surface area contributed by atoms with Crippen LogP contribution in [0.2, 0.25) is 5.02 Å². The lowest BCUT2D eigenvalue weighted by Gasteiger charge is -2.08. The Balaban J connectivity index is 1.95. The predicted molar refractivity (Wildman–Crippen MR) is 88.2 cm³/mol. The molecule has 0 radical (unpaired) electrons. The number of carbonyl (C=O) groups is 1. The van der Waals surface area contributed by atoms with Gasteiger partial charge in [-0.2, -0.15) is 5.10 Å². The number of benzene rings is 2. The standard InChI is InChI=1S/C17H15ClN2O3/c1-22-16-6-4-14(18)8-13(16)10-20-9-12-7-11(17(21)23-2)3-5-15(12)19-20/h3-9H,10H2,1-2H3. The number of hydrogen-bond donors (Lipinski definition) is 0. The summed E-state index contributed by atoms with van der Waals surface area (Å²) in [5.41, 5.74) is 2.24. The van der Waals surface area contributed by atoms with Crippen LogP contribution in [0.15, 0.2) is 42.6 Å². The van der Waals surface area contributed by atoms with E-state index in [1.165, 1.54) is 7.11 Å². The summed E-state index contributed by atoms with van der Waals surface area (Å²) in [6, 6.07) is 10.7. The molecule has 23 heavy (non-hydrogen) atoms. The molecule has 0 fully saturated rings. The number of esters is 1. The summed E-state index contributed by atoms with van der Waals surface area (Å²) in [5.74, 6) is 0.389. The molecular weight excluding hydrogens is 316 g/mol. The number of nitrogens with zero attached hydrogens (tertiary/aromatic N) is 2. The van der Waals surface area contributed by atoms with Crippen molar-refractivity contribution in [3.8, 4) is 5.75 Å². The van der Waals surface area contributed by atoms with Crippen LogP contribution in [0.1, 0.15) is 15.9 Å². The van der Waals surface area contributed by atoms with Crippen molar-refractivity contribution in [1.29, 1.82) is 0 Å². The van der Waals surface area contributed by atoms with Gasteiger partial charge in [0.05, 0.1) is 31.8 Å². The first-order valence-electron chi connectivity index (χ1n) is 6.98. The minimum absolute atomic E-state index is 0.365. The number of methoxy groups -OCH3 is 2. The van der Waals surface area contributed by atoms with Crippen molar-refractivity contribution in [3.63, 3.8) is 0 Å². The molecule has 0 aliphatic rings. The fourth-order valence-corrected chi connectivity index (χ4v) is 2.64. The molecule has 0 spiro atoms. The molecule has 3 rings (SSSR count). The number of aromatic nitrogens is 2. The molecule has 3 aromatic rings. The van der Waals surface area contributed by atoms with E-state index in [0.29, 0.717) is 17.1 Å². The molecule has 0 unspecified atom stereocenters. The van der Waals surface area contributed by atoms with Gasteiger partial charge in [-0.3, -0.25) is 4.68 Å². The van der Waals surface area contributed by atoms with Crippen LogP contribution >= 0.6 is 11.6 Å². The van der Waals surface area contributed by atoms with Crippen LogP contribution in [0.25, 0.3) is 10.9 Å². The average Bonchev–Trinajstić information content (AvgIpc) is 2.95. The van der Waals surface area contributed by atoms with Gasteiger partial charge in [-0.15, -0.1) is 0 Å². The monoisotopic (exact) mass is 330 g/mol. The summed E-state index contributed by atoms with van der Waals surface area (Å²) in [7, 11) is 2.98. The summed E-state index contributed by atoms with van der Waals surface area (Å²) in [6.07, 6.45) is 1.88. The van der Waals surface area contributed by atoms with Crippen molar-refractivity contribution >= 4 is 28.5 Å². The van der Waals surface area contributed by atoms with Gasteiger partial charge < -0.3 is 9.47 Å². The van der Waals surface area contributed by atoms with Crippen molar-refractivity contribution < 1.29 is 14.3 Å². The zero-order chi connectivity index (χ0) is 16.4. The molecule has 0 saturated carbocycles. The Morgan fingerprint density at radius 1 is 1.22 bits per heavy atom. The Morgan fingerprint density at radius 3 is 2.78 bits per heavy atom. The largest absolute Gasteiger partial charge is 0.496 e. The highest BCUT2D eigenvalue weighted by molar-refractivity contribution is 6.30. The van der Waals surface area contributed by atoms with E-state index in [-0.39, 0.29) is 5.97 Å². The first-order valence-corrected chi connectivity index (χ1v) is 7.36. The van der Waals surface area contributed by atoms with Crippen LogP contribution in [0.3, 0.4) is 0 Å². The minimum atomic E-state index is -0.365. The highest BCUT2D eigenvalue weighted by Gasteiger charge is 2.10. The smallest absolute Gasteiger partial charge is 0.337 e. The van der Waals surface area contributed by atoms with Crippen molar-refractivity contribution in [2.75, 3.05) is 14.2 Å². The van der Waals surface area contributed by atoms with E-state index in [0.717, 1.165) is 22.2 Å². The molecule has 5 nitrogen and oxygen atoms in total. The Bertz CT molecular complexity index is 873. The Labute approximate surface area is 138 Å². The first-order chi connectivity index (χ1) is 11.1. The molecule has 1 heterocycles. The van der Waals surface area contributed by atoms with Crippen molar-refractivity contribution in [3.05, 3.63) is 58.7 Å². The van der Waals surface area contributed by atoms with Gasteiger partial charge in [0.1, 0.15) is 5.75 Å². The van der Waals surface area contributed by atoms with Crippen LogP contribution in [-0.2, 0) is 11.3 Å². The van der Waals surface area contributed by atoms with Crippen molar-refractivity contribution in [2.45, 2.75) is 6.54 Å². The Morgan fingerprint density at radius 2 is 2.04 bits per heavy atom. The van der Waals surface area contributed by atoms with Crippen LogP contribution < -0.4 is 4.74 Å². The molecule has 0 saturated heterocycles. The zero-order valence-corrected chi connectivity index (χ0v) is 13.5. The summed E-state index contributed by atoms with van der Waals surface area (Å²) >= 11 is 6.05. The molecule has 0 bridgehead atoms. The highest BCUT2D eigenvalue weighted by atomic mass is 35.5. The molecule has 0 amide bonds. The van der Waals surface area contributed by atoms with E-state index in [1.807, 2.05) is 18.3 Å². The maximum absolute atomic E-state index is 11.6. The average molecular weight is 331 g/mol. The van der Waals surface area contributed by atoms with E-state index in [9.17, 15) is 4.79 Å². The quantitative estimate of drug-likeness (QED) is 0.687. The molecule has 0 aliphatic heterocycles. The molecular formula is C17H15ClN2O3. The summed E-state index contributed by atoms with van der Waals surface area (Å²) in [5, 5.41) is 6.02. The molecule has 0 atom stereocenters. The van der Waals surface area contributed by atoms with Gasteiger partial charge in [-0.05, 0) is 36.4 Å². The second-order valence-electron chi connectivity index (χ2n) is 5.05. The van der Waals surface area contributed by atoms with Crippen LogP contribution in [0, 0.1) is 0 Å². The van der Waals surface area contributed by atoms with E-state index in [1.54, 1.807) is 36.1 Å². The number of fused-ring (bicyclic) bond motifs is 1. The van der Waals surface area contributed by atoms with Gasteiger partial charge in [0.15, 0.2) is 0 Å². The summed E-state index contributed by atoms with van der Waals surface area (Å²) in [4.78, 5) is 11.6. The minimum Gasteiger partial charge on any atom is -0.496 e. The number of rotatable bonds is 4. The molecule has 1 aromatic heterocycles. The van der Waals surface area contributed by atoms with Crippen LogP contribution in [0.5, 0.6) is 5.75 Å². The third kappa shape index (κ3) is 3.14. The van der Waals surface area contributed by atoms with Gasteiger partial charge in [-0.1, -0.05) is 11.6 Å². The molecule has 0 N–H and O–H groups in total. The fraction of sp³-hybridized carbons (Fsp3) is 0.176. The molecule has 6 heteroatoms. The van der Waals surface area contributed by atoms with Gasteiger partial charge in [0.2, 0.25) is 0 Å². The van der Waals surface area contributed by atoms with Crippen molar-refractivity contribution in [2.24, 2.45) is 0 Å². The Kier molecular flexibility index (Phi) is 4.21. The third-order valence-electron chi connectivity index (χ3n) is 3.55. The lowest BCUT2D eigenvalue weighted by atomic mass is 10.1. The predicted octanol–water partition coefficient (Wildman–Crippen LogP) is 3.53. The van der Waals surface area contributed by atoms with Gasteiger partial charge in [0, 0.05) is 22.2 Å². The fourth-order valence-electron chi connectivity index (χ4n) is 2.45. The second-order valence-corrected chi connectivity index (χ2v) is 5.48. The molecule has 0 aliphatic carbocycles. The van der Waals surface area contributed by atoms with Crippen LogP contribution in [-0.4, -0.2) is 30.0 Å². The van der Waals surface area contributed by atoms with Gasteiger partial charge in [-0.25, -0.2) is 4.79 Å². The van der Waals surface area contributed by atoms with E-state index >= 15 is 0 Å². The lowest BCUT2D eigenvalue weighted by Crippen LogP contribution is -2.02. The SMILES string of the molecule is COC(=O)c1ccc2nn(Cc3cc(Cl)ccc3OC)cc2c1. The van der Waals surface area contributed by atoms with Gasteiger partial charge >= 0.3 is 5.97 Å². The van der Waals surface area contributed by atoms with E-state index in [2.05, 4.69) is 5.10 Å². The molecule has 2 aromatic carbocycles.